The van der Waals surface area contributed by atoms with E-state index in [9.17, 15) is 0 Å². The van der Waals surface area contributed by atoms with E-state index in [1.165, 1.54) is 16.7 Å². The predicted octanol–water partition coefficient (Wildman–Crippen LogP) is 3.83. The molecule has 0 fully saturated rings. The molecule has 0 saturated carbocycles. The molecule has 0 heterocycles. The lowest BCUT2D eigenvalue weighted by atomic mass is 10.1. The predicted molar refractivity (Wildman–Crippen MR) is 94.6 cm³/mol. The summed E-state index contributed by atoms with van der Waals surface area (Å²) in [4.78, 5) is 0. The molecule has 2 N–H and O–H groups in total. The summed E-state index contributed by atoms with van der Waals surface area (Å²) in [7, 11) is 0. The van der Waals surface area contributed by atoms with Crippen molar-refractivity contribution in [1.82, 2.24) is 5.32 Å². The molecule has 0 bridgehead atoms. The van der Waals surface area contributed by atoms with Gasteiger partial charge in [-0.25, -0.2) is 0 Å². The van der Waals surface area contributed by atoms with Gasteiger partial charge in [0.15, 0.2) is 0 Å². The Bertz CT molecular complexity index is 566. The standard InChI is InChI=1S/C20H27NO2/c1-17-7-3-4-8-19(17)16-23-20-11-9-18(10-12-20)15-21-13-5-2-6-14-22/h3-4,7-12,21-22H,2,5-6,13-16H2,1H3. The van der Waals surface area contributed by atoms with E-state index in [4.69, 9.17) is 9.84 Å². The highest BCUT2D eigenvalue weighted by Crippen LogP contribution is 2.15. The smallest absolute Gasteiger partial charge is 0.119 e. The molecule has 0 aliphatic heterocycles. The Labute approximate surface area is 139 Å². The fraction of sp³-hybridized carbons (Fsp3) is 0.400. The minimum absolute atomic E-state index is 0.296. The van der Waals surface area contributed by atoms with E-state index in [0.29, 0.717) is 13.2 Å². The number of aliphatic hydroxyl groups excluding tert-OH is 1. The molecule has 2 rings (SSSR count). The molecule has 3 nitrogen and oxygen atoms in total. The molecule has 2 aromatic rings. The van der Waals surface area contributed by atoms with E-state index < -0.39 is 0 Å². The van der Waals surface area contributed by atoms with Crippen molar-refractivity contribution in [3.63, 3.8) is 0 Å². The average molecular weight is 313 g/mol. The van der Waals surface area contributed by atoms with Gasteiger partial charge in [0.1, 0.15) is 12.4 Å². The van der Waals surface area contributed by atoms with Crippen LogP contribution in [-0.2, 0) is 13.2 Å². The van der Waals surface area contributed by atoms with E-state index in [-0.39, 0.29) is 0 Å². The van der Waals surface area contributed by atoms with Gasteiger partial charge >= 0.3 is 0 Å². The van der Waals surface area contributed by atoms with Crippen molar-refractivity contribution in [2.24, 2.45) is 0 Å². The molecule has 0 radical (unpaired) electrons. The molecule has 0 aliphatic carbocycles. The topological polar surface area (TPSA) is 41.5 Å². The molecule has 0 saturated heterocycles. The van der Waals surface area contributed by atoms with Gasteiger partial charge in [0.2, 0.25) is 0 Å². The van der Waals surface area contributed by atoms with Gasteiger partial charge in [-0.1, -0.05) is 36.4 Å². The third-order valence-corrected chi connectivity index (χ3v) is 3.92. The van der Waals surface area contributed by atoms with Gasteiger partial charge in [0, 0.05) is 13.2 Å². The van der Waals surface area contributed by atoms with E-state index in [2.05, 4.69) is 36.5 Å². The molecule has 0 spiro atoms. The quantitative estimate of drug-likeness (QED) is 0.655. The number of ether oxygens (including phenoxy) is 1. The maximum atomic E-state index is 8.73. The highest BCUT2D eigenvalue weighted by atomic mass is 16.5. The molecule has 124 valence electrons. The number of hydrogen-bond acceptors (Lipinski definition) is 3. The number of nitrogens with one attached hydrogen (secondary N) is 1. The Hall–Kier alpha value is -1.84. The summed E-state index contributed by atoms with van der Waals surface area (Å²) >= 11 is 0. The van der Waals surface area contributed by atoms with Crippen LogP contribution in [0.4, 0.5) is 0 Å². The number of hydrogen-bond donors (Lipinski definition) is 2. The lowest BCUT2D eigenvalue weighted by Crippen LogP contribution is -2.14. The Morgan fingerprint density at radius 1 is 0.957 bits per heavy atom. The fourth-order valence-corrected chi connectivity index (χ4v) is 2.41. The molecule has 23 heavy (non-hydrogen) atoms. The Morgan fingerprint density at radius 3 is 2.48 bits per heavy atom. The van der Waals surface area contributed by atoms with Gasteiger partial charge in [0.25, 0.3) is 0 Å². The van der Waals surface area contributed by atoms with Crippen molar-refractivity contribution in [2.45, 2.75) is 39.3 Å². The van der Waals surface area contributed by atoms with Crippen LogP contribution in [0, 0.1) is 6.92 Å². The first-order chi connectivity index (χ1) is 11.3. The first-order valence-corrected chi connectivity index (χ1v) is 8.37. The van der Waals surface area contributed by atoms with E-state index >= 15 is 0 Å². The van der Waals surface area contributed by atoms with Crippen LogP contribution in [0.3, 0.4) is 0 Å². The molecule has 0 amide bonds. The minimum atomic E-state index is 0.296. The molecule has 0 aliphatic rings. The van der Waals surface area contributed by atoms with Crippen molar-refractivity contribution in [1.29, 1.82) is 0 Å². The van der Waals surface area contributed by atoms with Gasteiger partial charge in [-0.2, -0.15) is 0 Å². The Morgan fingerprint density at radius 2 is 1.74 bits per heavy atom. The third-order valence-electron chi connectivity index (χ3n) is 3.92. The van der Waals surface area contributed by atoms with E-state index in [1.54, 1.807) is 0 Å². The molecule has 0 atom stereocenters. The first kappa shape index (κ1) is 17.5. The lowest BCUT2D eigenvalue weighted by molar-refractivity contribution is 0.283. The van der Waals surface area contributed by atoms with Crippen molar-refractivity contribution in [2.75, 3.05) is 13.2 Å². The highest BCUT2D eigenvalue weighted by molar-refractivity contribution is 5.29. The number of benzene rings is 2. The first-order valence-electron chi connectivity index (χ1n) is 8.37. The number of rotatable bonds is 10. The summed E-state index contributed by atoms with van der Waals surface area (Å²) < 4.78 is 5.85. The Kier molecular flexibility index (Phi) is 7.64. The maximum absolute atomic E-state index is 8.73. The van der Waals surface area contributed by atoms with Crippen molar-refractivity contribution in [3.8, 4) is 5.75 Å². The third kappa shape index (κ3) is 6.43. The zero-order chi connectivity index (χ0) is 16.3. The summed E-state index contributed by atoms with van der Waals surface area (Å²) in [5.74, 6) is 0.903. The largest absolute Gasteiger partial charge is 0.489 e. The highest BCUT2D eigenvalue weighted by Gasteiger charge is 2.00. The zero-order valence-electron chi connectivity index (χ0n) is 13.9. The number of aryl methyl sites for hydroxylation is 1. The van der Waals surface area contributed by atoms with Gasteiger partial charge in [-0.05, 0) is 61.6 Å². The van der Waals surface area contributed by atoms with E-state index in [1.807, 2.05) is 24.3 Å². The molecule has 2 aromatic carbocycles. The van der Waals surface area contributed by atoms with Gasteiger partial charge < -0.3 is 15.2 Å². The lowest BCUT2D eigenvalue weighted by Gasteiger charge is -2.10. The summed E-state index contributed by atoms with van der Waals surface area (Å²) in [6.45, 7) is 4.87. The van der Waals surface area contributed by atoms with Gasteiger partial charge in [-0.3, -0.25) is 0 Å². The normalized spacial score (nSPS) is 10.7. The number of unbranched alkanes of at least 4 members (excludes halogenated alkanes) is 2. The monoisotopic (exact) mass is 313 g/mol. The summed E-state index contributed by atoms with van der Waals surface area (Å²) in [6, 6.07) is 16.6. The van der Waals surface area contributed by atoms with Crippen LogP contribution in [0.1, 0.15) is 36.0 Å². The second-order valence-corrected chi connectivity index (χ2v) is 5.82. The molecular formula is C20H27NO2. The maximum Gasteiger partial charge on any atom is 0.119 e. The van der Waals surface area contributed by atoms with Crippen LogP contribution in [0.5, 0.6) is 5.75 Å². The molecule has 0 unspecified atom stereocenters. The van der Waals surface area contributed by atoms with Gasteiger partial charge in [0.05, 0.1) is 0 Å². The molecule has 3 heteroatoms. The molecular weight excluding hydrogens is 286 g/mol. The zero-order valence-corrected chi connectivity index (χ0v) is 13.9. The second-order valence-electron chi connectivity index (χ2n) is 5.82. The van der Waals surface area contributed by atoms with Crippen LogP contribution >= 0.6 is 0 Å². The fourth-order valence-electron chi connectivity index (χ4n) is 2.41. The summed E-state index contributed by atoms with van der Waals surface area (Å²) in [5.41, 5.74) is 3.74. The summed E-state index contributed by atoms with van der Waals surface area (Å²) in [5, 5.41) is 12.1. The summed E-state index contributed by atoms with van der Waals surface area (Å²) in [6.07, 6.45) is 3.09. The average Bonchev–Trinajstić information content (AvgIpc) is 2.58. The Balaban J connectivity index is 1.71. The van der Waals surface area contributed by atoms with Crippen molar-refractivity contribution in [3.05, 3.63) is 65.2 Å². The van der Waals surface area contributed by atoms with Gasteiger partial charge in [-0.15, -0.1) is 0 Å². The van der Waals surface area contributed by atoms with Crippen molar-refractivity contribution < 1.29 is 9.84 Å². The van der Waals surface area contributed by atoms with Crippen LogP contribution < -0.4 is 10.1 Å². The SMILES string of the molecule is Cc1ccccc1COc1ccc(CNCCCCCO)cc1. The molecule has 0 aromatic heterocycles. The van der Waals surface area contributed by atoms with E-state index in [0.717, 1.165) is 38.1 Å². The minimum Gasteiger partial charge on any atom is -0.489 e. The van der Waals surface area contributed by atoms with Crippen LogP contribution in [0.25, 0.3) is 0 Å². The second kappa shape index (κ2) is 10.0. The van der Waals surface area contributed by atoms with Crippen LogP contribution in [0.2, 0.25) is 0 Å². The van der Waals surface area contributed by atoms with Crippen LogP contribution in [0.15, 0.2) is 48.5 Å². The van der Waals surface area contributed by atoms with Crippen molar-refractivity contribution >= 4 is 0 Å². The van der Waals surface area contributed by atoms with Crippen LogP contribution in [-0.4, -0.2) is 18.3 Å². The number of aliphatic hydroxyl groups is 1.